The molecule has 12 nitrogen and oxygen atoms in total. The quantitative estimate of drug-likeness (QED) is 0.202. The number of ketones is 1. The second-order valence-electron chi connectivity index (χ2n) is 17.3. The number of rotatable bonds is 12. The number of nitrogens with zero attached hydrogens (tertiary/aromatic N) is 3. The van der Waals surface area contributed by atoms with Gasteiger partial charge in [-0.3, -0.25) is 14.5 Å². The molecule has 3 fully saturated rings. The van der Waals surface area contributed by atoms with Gasteiger partial charge in [0, 0.05) is 39.3 Å². The smallest absolute Gasteiger partial charge is 0.338 e. The second kappa shape index (κ2) is 20.3. The number of hydrogen-bond acceptors (Lipinski definition) is 12. The Morgan fingerprint density at radius 2 is 1.69 bits per heavy atom. The van der Waals surface area contributed by atoms with Crippen LogP contribution >= 0.6 is 0 Å². The Morgan fingerprint density at radius 1 is 1.02 bits per heavy atom. The first-order valence-corrected chi connectivity index (χ1v) is 20.5. The summed E-state index contributed by atoms with van der Waals surface area (Å²) in [6, 6.07) is 8.65. The van der Waals surface area contributed by atoms with Crippen molar-refractivity contribution >= 4 is 17.7 Å². The van der Waals surface area contributed by atoms with Crippen molar-refractivity contribution in [3.05, 3.63) is 35.9 Å². The molecule has 312 valence electrons. The van der Waals surface area contributed by atoms with E-state index < -0.39 is 47.4 Å². The molecule has 3 heterocycles. The maximum atomic E-state index is 14.6. The number of benzene rings is 1. The molecule has 0 unspecified atom stereocenters. The van der Waals surface area contributed by atoms with Crippen LogP contribution in [0.5, 0.6) is 0 Å². The van der Waals surface area contributed by atoms with Gasteiger partial charge in [0.1, 0.15) is 12.0 Å². The van der Waals surface area contributed by atoms with Crippen LogP contribution < -0.4 is 0 Å². The molecule has 0 bridgehead atoms. The van der Waals surface area contributed by atoms with Gasteiger partial charge >= 0.3 is 11.9 Å². The minimum Gasteiger partial charge on any atom is -0.463 e. The maximum absolute atomic E-state index is 14.6. The predicted molar refractivity (Wildman–Crippen MR) is 212 cm³/mol. The normalized spacial score (nSPS) is 33.7. The number of hydrogen-bond donors (Lipinski definition) is 0. The molecule has 9 atom stereocenters. The fraction of sp³-hybridized carbons (Fsp3) is 0.791. The van der Waals surface area contributed by atoms with Crippen LogP contribution in [0.25, 0.3) is 0 Å². The first-order valence-electron chi connectivity index (χ1n) is 20.5. The second-order valence-corrected chi connectivity index (χ2v) is 17.3. The number of likely N-dealkylation sites (tertiary alicyclic amines) is 1. The van der Waals surface area contributed by atoms with Gasteiger partial charge in [-0.1, -0.05) is 39.0 Å². The lowest BCUT2D eigenvalue weighted by Gasteiger charge is -2.48. The molecule has 3 aliphatic heterocycles. The van der Waals surface area contributed by atoms with Crippen molar-refractivity contribution in [2.24, 2.45) is 23.2 Å². The highest BCUT2D eigenvalue weighted by Crippen LogP contribution is 2.39. The van der Waals surface area contributed by atoms with Crippen molar-refractivity contribution in [3.8, 4) is 0 Å². The molecule has 55 heavy (non-hydrogen) atoms. The van der Waals surface area contributed by atoms with E-state index in [-0.39, 0.29) is 36.5 Å². The molecule has 0 spiro atoms. The van der Waals surface area contributed by atoms with E-state index in [9.17, 15) is 14.4 Å². The molecule has 0 radical (unpaired) electrons. The van der Waals surface area contributed by atoms with Gasteiger partial charge in [-0.25, -0.2) is 4.79 Å². The first kappa shape index (κ1) is 45.3. The number of likely N-dealkylation sites (N-methyl/N-ethyl adjacent to an activating group) is 2. The molecule has 0 saturated carbocycles. The van der Waals surface area contributed by atoms with Gasteiger partial charge in [0.2, 0.25) is 0 Å². The van der Waals surface area contributed by atoms with Gasteiger partial charge in [-0.15, -0.1) is 0 Å². The van der Waals surface area contributed by atoms with Crippen molar-refractivity contribution in [2.45, 2.75) is 123 Å². The van der Waals surface area contributed by atoms with Crippen LogP contribution in [-0.4, -0.2) is 149 Å². The summed E-state index contributed by atoms with van der Waals surface area (Å²) >= 11 is 0. The maximum Gasteiger partial charge on any atom is 0.338 e. The third-order valence-corrected chi connectivity index (χ3v) is 12.4. The third-order valence-electron chi connectivity index (χ3n) is 12.4. The van der Waals surface area contributed by atoms with Crippen LogP contribution in [0.3, 0.4) is 0 Å². The van der Waals surface area contributed by atoms with Crippen LogP contribution in [0.4, 0.5) is 0 Å². The zero-order valence-electron chi connectivity index (χ0n) is 35.6. The van der Waals surface area contributed by atoms with E-state index in [1.807, 2.05) is 38.9 Å². The molecule has 0 N–H and O–H groups in total. The van der Waals surface area contributed by atoms with Gasteiger partial charge in [0.05, 0.1) is 36.0 Å². The SMILES string of the molecule is CCN1C[C@H](C)C[C@@](C)(OC)[C@H](O[C@@H]2O[C@H](C)C[C@H](N(C)C)[C@H]2OC(=O)c2ccccc2)[C@@H](C)C(=O)C(C)(C)C(=O)OC[C@H]1CC1CCN(CCOC)CC1. The molecule has 0 aromatic heterocycles. The van der Waals surface area contributed by atoms with Crippen molar-refractivity contribution < 1.29 is 42.8 Å². The zero-order valence-corrected chi connectivity index (χ0v) is 35.6. The van der Waals surface area contributed by atoms with Crippen LogP contribution in [0.2, 0.25) is 0 Å². The highest BCUT2D eigenvalue weighted by atomic mass is 16.7. The summed E-state index contributed by atoms with van der Waals surface area (Å²) in [5.41, 5.74) is -2.03. The van der Waals surface area contributed by atoms with E-state index in [0.717, 1.165) is 58.6 Å². The summed E-state index contributed by atoms with van der Waals surface area (Å²) in [6.07, 6.45) is 1.33. The number of methoxy groups -OCH3 is 2. The highest BCUT2D eigenvalue weighted by Gasteiger charge is 2.52. The summed E-state index contributed by atoms with van der Waals surface area (Å²) in [7, 11) is 7.28. The van der Waals surface area contributed by atoms with E-state index in [0.29, 0.717) is 24.3 Å². The molecule has 0 aliphatic carbocycles. The molecule has 1 aromatic carbocycles. The van der Waals surface area contributed by atoms with E-state index in [4.69, 9.17) is 28.4 Å². The standard InChI is InChI=1S/C43H71N3O9/c1-12-46-27-29(2)26-43(7,51-11)38(55-40-36(35(44(8)9)24-30(3)53-40)54-39(48)33-16-14-13-15-17-33)31(4)37(47)42(5,6)41(49)52-28-34(46)25-32-18-20-45(21-19-32)22-23-50-10/h13-17,29-32,34-36,38,40H,12,18-28H2,1-11H3/t29-,30-,31+,34-,35+,36-,38-,40+,43-/m1/s1. The lowest BCUT2D eigenvalue weighted by atomic mass is 9.74. The number of carbonyl (C=O) groups excluding carboxylic acids is 3. The van der Waals surface area contributed by atoms with E-state index in [2.05, 4.69) is 23.6 Å². The fourth-order valence-electron chi connectivity index (χ4n) is 9.01. The highest BCUT2D eigenvalue weighted by molar-refractivity contribution is 6.04. The molecule has 0 amide bonds. The molecule has 4 rings (SSSR count). The van der Waals surface area contributed by atoms with E-state index in [1.54, 1.807) is 59.3 Å². The van der Waals surface area contributed by atoms with Crippen LogP contribution in [0, 0.1) is 23.2 Å². The minimum atomic E-state index is -1.46. The summed E-state index contributed by atoms with van der Waals surface area (Å²) in [5, 5.41) is 0. The van der Waals surface area contributed by atoms with Gasteiger partial charge in [-0.2, -0.15) is 0 Å². The van der Waals surface area contributed by atoms with Crippen LogP contribution in [-0.2, 0) is 38.0 Å². The summed E-state index contributed by atoms with van der Waals surface area (Å²) in [4.78, 5) is 49.1. The van der Waals surface area contributed by atoms with E-state index in [1.165, 1.54) is 0 Å². The number of piperidine rings is 1. The Kier molecular flexibility index (Phi) is 16.7. The van der Waals surface area contributed by atoms with Gasteiger partial charge in [-0.05, 0) is 117 Å². The Labute approximate surface area is 330 Å². The predicted octanol–water partition coefficient (Wildman–Crippen LogP) is 5.32. The zero-order chi connectivity index (χ0) is 40.5. The third kappa shape index (κ3) is 11.6. The Morgan fingerprint density at radius 3 is 2.29 bits per heavy atom. The minimum absolute atomic E-state index is 0.0111. The van der Waals surface area contributed by atoms with Gasteiger partial charge in [0.25, 0.3) is 0 Å². The van der Waals surface area contributed by atoms with E-state index >= 15 is 0 Å². The monoisotopic (exact) mass is 774 g/mol. The molecule has 3 saturated heterocycles. The fourth-order valence-corrected chi connectivity index (χ4v) is 9.01. The van der Waals surface area contributed by atoms with Crippen molar-refractivity contribution in [2.75, 3.05) is 74.3 Å². The largest absolute Gasteiger partial charge is 0.463 e. The number of Topliss-reactive ketones (excluding diaryl/α,β-unsaturated/α-hetero) is 1. The summed E-state index contributed by atoms with van der Waals surface area (Å²) in [6.45, 7) is 18.9. The first-order chi connectivity index (χ1) is 26.0. The van der Waals surface area contributed by atoms with Crippen molar-refractivity contribution in [1.82, 2.24) is 14.7 Å². The number of carbonyl (C=O) groups is 3. The van der Waals surface area contributed by atoms with Crippen molar-refractivity contribution in [3.63, 3.8) is 0 Å². The lowest BCUT2D eigenvalue weighted by Crippen LogP contribution is -2.60. The Bertz CT molecular complexity index is 1370. The average Bonchev–Trinajstić information content (AvgIpc) is 3.17. The molecule has 12 heteroatoms. The van der Waals surface area contributed by atoms with Crippen LogP contribution in [0.1, 0.15) is 90.9 Å². The topological polar surface area (TPSA) is 116 Å². The number of ether oxygens (including phenoxy) is 6. The van der Waals surface area contributed by atoms with Crippen molar-refractivity contribution in [1.29, 1.82) is 0 Å². The van der Waals surface area contributed by atoms with Gasteiger partial charge < -0.3 is 38.2 Å². The summed E-state index contributed by atoms with van der Waals surface area (Å²) in [5.74, 6) is -1.53. The Balaban J connectivity index is 1.66. The molecular weight excluding hydrogens is 702 g/mol. The molecule has 1 aromatic rings. The van der Waals surface area contributed by atoms with Gasteiger partial charge in [0.15, 0.2) is 18.2 Å². The molecule has 3 aliphatic rings. The average molecular weight is 774 g/mol. The number of cyclic esters (lactones) is 1. The number of esters is 2. The van der Waals surface area contributed by atoms with Crippen LogP contribution in [0.15, 0.2) is 30.3 Å². The lowest BCUT2D eigenvalue weighted by molar-refractivity contribution is -0.295. The molecular formula is C43H71N3O9. The summed E-state index contributed by atoms with van der Waals surface area (Å²) < 4.78 is 37.5. The Hall–Kier alpha value is -2.45.